The molecule has 0 rings (SSSR count). The molecule has 0 fully saturated rings. The Hall–Kier alpha value is -0.870. The van der Waals surface area contributed by atoms with Crippen molar-refractivity contribution in [2.75, 3.05) is 6.61 Å². The summed E-state index contributed by atoms with van der Waals surface area (Å²) in [6.45, 7) is 7.90. The van der Waals surface area contributed by atoms with E-state index in [1.807, 2.05) is 13.8 Å². The molecular formula is C16H30O4. The highest BCUT2D eigenvalue weighted by molar-refractivity contribution is 5.70. The Morgan fingerprint density at radius 1 is 1.35 bits per heavy atom. The van der Waals surface area contributed by atoms with Crippen LogP contribution in [0.4, 0.5) is 0 Å². The molecule has 0 aliphatic heterocycles. The maximum Gasteiger partial charge on any atom is 0.308 e. The molecule has 0 spiro atoms. The number of esters is 1. The van der Waals surface area contributed by atoms with Crippen molar-refractivity contribution in [2.45, 2.75) is 77.9 Å². The standard InChI is InChI=1S/C16H30O4/c1-5-9-10-16(19,7-3)12-13(6-2)14(17)11-15(18)20-8-4/h6,14,17,19H,5,7-12H2,1-4H3/b13-6-/t14-,16+/m1/s1. The zero-order chi connectivity index (χ0) is 15.6. The first kappa shape index (κ1) is 19.1. The van der Waals surface area contributed by atoms with Gasteiger partial charge in [0.25, 0.3) is 0 Å². The summed E-state index contributed by atoms with van der Waals surface area (Å²) in [7, 11) is 0. The van der Waals surface area contributed by atoms with Crippen molar-refractivity contribution in [3.63, 3.8) is 0 Å². The van der Waals surface area contributed by atoms with Crippen LogP contribution in [-0.4, -0.2) is 34.5 Å². The average molecular weight is 286 g/mol. The van der Waals surface area contributed by atoms with Crippen LogP contribution in [0, 0.1) is 0 Å². The summed E-state index contributed by atoms with van der Waals surface area (Å²) >= 11 is 0. The Kier molecular flexibility index (Phi) is 9.51. The Labute approximate surface area is 122 Å². The summed E-state index contributed by atoms with van der Waals surface area (Å²) in [6.07, 6.45) is 4.59. The Balaban J connectivity index is 4.62. The molecule has 0 aliphatic rings. The number of aliphatic hydroxyl groups is 2. The fourth-order valence-corrected chi connectivity index (χ4v) is 2.20. The summed E-state index contributed by atoms with van der Waals surface area (Å²) in [4.78, 5) is 11.4. The van der Waals surface area contributed by atoms with Crippen molar-refractivity contribution in [3.8, 4) is 0 Å². The van der Waals surface area contributed by atoms with E-state index >= 15 is 0 Å². The van der Waals surface area contributed by atoms with E-state index in [2.05, 4.69) is 6.92 Å². The molecule has 0 heterocycles. The number of carbonyl (C=O) groups is 1. The van der Waals surface area contributed by atoms with Gasteiger partial charge in [-0.25, -0.2) is 0 Å². The molecule has 2 atom stereocenters. The molecule has 0 radical (unpaired) electrons. The molecule has 0 unspecified atom stereocenters. The maximum atomic E-state index is 11.4. The molecule has 2 N–H and O–H groups in total. The monoisotopic (exact) mass is 286 g/mol. The lowest BCUT2D eigenvalue weighted by Crippen LogP contribution is -2.31. The second-order valence-corrected chi connectivity index (χ2v) is 5.25. The molecule has 20 heavy (non-hydrogen) atoms. The van der Waals surface area contributed by atoms with Gasteiger partial charge in [0.1, 0.15) is 0 Å². The Morgan fingerprint density at radius 3 is 2.45 bits per heavy atom. The summed E-state index contributed by atoms with van der Waals surface area (Å²) in [5.41, 5.74) is -0.0912. The van der Waals surface area contributed by atoms with E-state index in [0.717, 1.165) is 12.8 Å². The molecule has 0 bridgehead atoms. The summed E-state index contributed by atoms with van der Waals surface area (Å²) in [6, 6.07) is 0. The van der Waals surface area contributed by atoms with Crippen molar-refractivity contribution in [2.24, 2.45) is 0 Å². The van der Waals surface area contributed by atoms with Gasteiger partial charge in [-0.3, -0.25) is 4.79 Å². The Morgan fingerprint density at radius 2 is 2.00 bits per heavy atom. The second kappa shape index (κ2) is 9.94. The van der Waals surface area contributed by atoms with Gasteiger partial charge < -0.3 is 14.9 Å². The van der Waals surface area contributed by atoms with Crippen LogP contribution in [-0.2, 0) is 9.53 Å². The number of hydrogen-bond donors (Lipinski definition) is 2. The van der Waals surface area contributed by atoms with Crippen LogP contribution in [0.2, 0.25) is 0 Å². The molecule has 0 aromatic heterocycles. The van der Waals surface area contributed by atoms with Crippen LogP contribution in [0.3, 0.4) is 0 Å². The molecule has 4 heteroatoms. The lowest BCUT2D eigenvalue weighted by molar-refractivity contribution is -0.144. The van der Waals surface area contributed by atoms with E-state index in [-0.39, 0.29) is 6.42 Å². The number of hydrogen-bond acceptors (Lipinski definition) is 4. The molecule has 0 aliphatic carbocycles. The quantitative estimate of drug-likeness (QED) is 0.478. The van der Waals surface area contributed by atoms with Crippen LogP contribution < -0.4 is 0 Å². The number of unbranched alkanes of at least 4 members (excludes halogenated alkanes) is 1. The van der Waals surface area contributed by atoms with E-state index in [9.17, 15) is 15.0 Å². The van der Waals surface area contributed by atoms with Gasteiger partial charge >= 0.3 is 5.97 Å². The van der Waals surface area contributed by atoms with Gasteiger partial charge in [0.05, 0.1) is 24.7 Å². The van der Waals surface area contributed by atoms with Gasteiger partial charge in [-0.2, -0.15) is 0 Å². The van der Waals surface area contributed by atoms with E-state index in [1.54, 1.807) is 13.0 Å². The highest BCUT2D eigenvalue weighted by Gasteiger charge is 2.28. The molecular weight excluding hydrogens is 256 g/mol. The molecule has 0 amide bonds. The molecule has 4 nitrogen and oxygen atoms in total. The predicted octanol–water partition coefficient (Wildman–Crippen LogP) is 2.97. The molecule has 0 saturated heterocycles. The fraction of sp³-hybridized carbons (Fsp3) is 0.812. The third-order valence-corrected chi connectivity index (χ3v) is 3.65. The average Bonchev–Trinajstić information content (AvgIpc) is 2.42. The van der Waals surface area contributed by atoms with E-state index in [1.165, 1.54) is 0 Å². The second-order valence-electron chi connectivity index (χ2n) is 5.25. The minimum atomic E-state index is -0.876. The number of carbonyl (C=O) groups excluding carboxylic acids is 1. The third kappa shape index (κ3) is 7.06. The van der Waals surface area contributed by atoms with Crippen LogP contribution in [0.1, 0.15) is 66.2 Å². The van der Waals surface area contributed by atoms with Crippen molar-refractivity contribution in [1.82, 2.24) is 0 Å². The van der Waals surface area contributed by atoms with E-state index in [4.69, 9.17) is 4.74 Å². The van der Waals surface area contributed by atoms with Gasteiger partial charge in [-0.1, -0.05) is 32.8 Å². The third-order valence-electron chi connectivity index (χ3n) is 3.65. The fourth-order valence-electron chi connectivity index (χ4n) is 2.20. The van der Waals surface area contributed by atoms with Crippen molar-refractivity contribution >= 4 is 5.97 Å². The maximum absolute atomic E-state index is 11.4. The Bertz CT molecular complexity index is 312. The summed E-state index contributed by atoms with van der Waals surface area (Å²) < 4.78 is 4.84. The predicted molar refractivity (Wildman–Crippen MR) is 80.4 cm³/mol. The zero-order valence-electron chi connectivity index (χ0n) is 13.3. The highest BCUT2D eigenvalue weighted by atomic mass is 16.5. The largest absolute Gasteiger partial charge is 0.466 e. The lowest BCUT2D eigenvalue weighted by atomic mass is 9.84. The SMILES string of the molecule is C/C=C(/C[C@](O)(CC)CCCC)[C@H](O)CC(=O)OCC. The topological polar surface area (TPSA) is 66.8 Å². The molecule has 118 valence electrons. The molecule has 0 saturated carbocycles. The summed E-state index contributed by atoms with van der Waals surface area (Å²) in [5, 5.41) is 20.7. The minimum Gasteiger partial charge on any atom is -0.466 e. The van der Waals surface area contributed by atoms with Gasteiger partial charge in [-0.05, 0) is 38.7 Å². The van der Waals surface area contributed by atoms with Crippen molar-refractivity contribution in [3.05, 3.63) is 11.6 Å². The summed E-state index contributed by atoms with van der Waals surface area (Å²) in [5.74, 6) is -0.409. The number of rotatable bonds is 10. The smallest absolute Gasteiger partial charge is 0.308 e. The number of aliphatic hydroxyl groups excluding tert-OH is 1. The van der Waals surface area contributed by atoms with E-state index in [0.29, 0.717) is 31.4 Å². The number of allylic oxidation sites excluding steroid dienone is 1. The van der Waals surface area contributed by atoms with Crippen LogP contribution in [0.25, 0.3) is 0 Å². The molecule has 0 aromatic rings. The van der Waals surface area contributed by atoms with Gasteiger partial charge in [-0.15, -0.1) is 0 Å². The highest BCUT2D eigenvalue weighted by Crippen LogP contribution is 2.28. The molecule has 0 aromatic carbocycles. The van der Waals surface area contributed by atoms with Gasteiger partial charge in [0.15, 0.2) is 0 Å². The van der Waals surface area contributed by atoms with Crippen molar-refractivity contribution in [1.29, 1.82) is 0 Å². The zero-order valence-corrected chi connectivity index (χ0v) is 13.3. The first-order valence-corrected chi connectivity index (χ1v) is 7.63. The van der Waals surface area contributed by atoms with Gasteiger partial charge in [0, 0.05) is 0 Å². The van der Waals surface area contributed by atoms with Crippen LogP contribution in [0.5, 0.6) is 0 Å². The van der Waals surface area contributed by atoms with Gasteiger partial charge in [0.2, 0.25) is 0 Å². The lowest BCUT2D eigenvalue weighted by Gasteiger charge is -2.29. The first-order chi connectivity index (χ1) is 9.42. The number of ether oxygens (including phenoxy) is 1. The first-order valence-electron chi connectivity index (χ1n) is 7.63. The minimum absolute atomic E-state index is 0.0545. The normalized spacial score (nSPS) is 16.6. The van der Waals surface area contributed by atoms with Crippen LogP contribution >= 0.6 is 0 Å². The van der Waals surface area contributed by atoms with Crippen LogP contribution in [0.15, 0.2) is 11.6 Å². The van der Waals surface area contributed by atoms with Crippen molar-refractivity contribution < 1.29 is 19.7 Å². The van der Waals surface area contributed by atoms with E-state index < -0.39 is 17.7 Å².